The first kappa shape index (κ1) is 16.5. The van der Waals surface area contributed by atoms with E-state index >= 15 is 0 Å². The van der Waals surface area contributed by atoms with Crippen molar-refractivity contribution in [3.05, 3.63) is 51.9 Å². The molecule has 0 saturated heterocycles. The van der Waals surface area contributed by atoms with Crippen LogP contribution in [0.15, 0.2) is 39.2 Å². The molecule has 0 fully saturated rings. The summed E-state index contributed by atoms with van der Waals surface area (Å²) in [4.78, 5) is 0. The number of halogens is 1. The van der Waals surface area contributed by atoms with Crippen LogP contribution >= 0.6 is 27.7 Å². The summed E-state index contributed by atoms with van der Waals surface area (Å²) in [6.45, 7) is 2.86. The number of benzene rings is 1. The molecule has 1 unspecified atom stereocenters. The van der Waals surface area contributed by atoms with Crippen LogP contribution in [0, 0.1) is 0 Å². The molecule has 2 aromatic rings. The summed E-state index contributed by atoms with van der Waals surface area (Å²) in [6, 6.07) is 10.4. The molecule has 1 aromatic carbocycles. The van der Waals surface area contributed by atoms with Crippen LogP contribution in [-0.2, 0) is 12.3 Å². The van der Waals surface area contributed by atoms with Crippen molar-refractivity contribution >= 4 is 27.7 Å². The van der Waals surface area contributed by atoms with Gasteiger partial charge in [0, 0.05) is 6.04 Å². The van der Waals surface area contributed by atoms with Gasteiger partial charge in [-0.1, -0.05) is 6.07 Å². The Hall–Kier alpha value is -0.910. The topological polar surface area (TPSA) is 34.4 Å². The molecule has 3 nitrogen and oxygen atoms in total. The van der Waals surface area contributed by atoms with Gasteiger partial charge in [0.15, 0.2) is 0 Å². The zero-order chi connectivity index (χ0) is 15.2. The molecule has 5 heteroatoms. The second-order valence-electron chi connectivity index (χ2n) is 4.80. The van der Waals surface area contributed by atoms with E-state index in [1.807, 2.05) is 18.2 Å². The van der Waals surface area contributed by atoms with E-state index in [-0.39, 0.29) is 6.04 Å². The van der Waals surface area contributed by atoms with Crippen molar-refractivity contribution in [1.29, 1.82) is 0 Å². The highest BCUT2D eigenvalue weighted by atomic mass is 79.9. The molecule has 2 rings (SSSR count). The molecular formula is C16H20BrNO2S. The molecule has 0 aliphatic heterocycles. The number of nitrogens with one attached hydrogen (secondary N) is 1. The third kappa shape index (κ3) is 4.53. The highest BCUT2D eigenvalue weighted by Gasteiger charge is 2.09. The fourth-order valence-corrected chi connectivity index (χ4v) is 3.06. The Morgan fingerprint density at radius 3 is 2.71 bits per heavy atom. The fraction of sp³-hybridized carbons (Fsp3) is 0.375. The van der Waals surface area contributed by atoms with Crippen LogP contribution in [0.4, 0.5) is 0 Å². The first-order valence-corrected chi connectivity index (χ1v) is 8.96. The second kappa shape index (κ2) is 7.92. The molecule has 0 amide bonds. The molecule has 1 heterocycles. The number of thioether (sulfide) groups is 1. The summed E-state index contributed by atoms with van der Waals surface area (Å²) >= 11 is 5.28. The van der Waals surface area contributed by atoms with Crippen LogP contribution in [0.3, 0.4) is 0 Å². The molecule has 1 N–H and O–H groups in total. The minimum absolute atomic E-state index is 0.237. The number of furan rings is 1. The van der Waals surface area contributed by atoms with Gasteiger partial charge in [-0.15, -0.1) is 0 Å². The van der Waals surface area contributed by atoms with Crippen LogP contribution in [0.2, 0.25) is 0 Å². The summed E-state index contributed by atoms with van der Waals surface area (Å²) < 4.78 is 12.0. The van der Waals surface area contributed by atoms with Crippen LogP contribution in [0.25, 0.3) is 0 Å². The summed E-state index contributed by atoms with van der Waals surface area (Å²) in [7, 11) is 1.67. The smallest absolute Gasteiger partial charge is 0.133 e. The van der Waals surface area contributed by atoms with Crippen LogP contribution in [-0.4, -0.2) is 13.4 Å². The summed E-state index contributed by atoms with van der Waals surface area (Å²) in [6.07, 6.45) is 2.07. The predicted molar refractivity (Wildman–Crippen MR) is 91.9 cm³/mol. The van der Waals surface area contributed by atoms with Crippen molar-refractivity contribution in [2.24, 2.45) is 0 Å². The quantitative estimate of drug-likeness (QED) is 0.762. The number of hydrogen-bond acceptors (Lipinski definition) is 4. The van der Waals surface area contributed by atoms with E-state index in [9.17, 15) is 0 Å². The zero-order valence-electron chi connectivity index (χ0n) is 12.5. The Balaban J connectivity index is 1.94. The maximum Gasteiger partial charge on any atom is 0.133 e. The Morgan fingerprint density at radius 1 is 1.29 bits per heavy atom. The monoisotopic (exact) mass is 369 g/mol. The van der Waals surface area contributed by atoms with Crippen molar-refractivity contribution in [3.63, 3.8) is 0 Å². The molecule has 0 spiro atoms. The van der Waals surface area contributed by atoms with E-state index < -0.39 is 0 Å². The summed E-state index contributed by atoms with van der Waals surface area (Å²) in [5.74, 6) is 3.76. The first-order valence-electron chi connectivity index (χ1n) is 6.77. The lowest BCUT2D eigenvalue weighted by atomic mass is 10.1. The standard InChI is InChI=1S/C16H20BrNO2S/c1-11(12-4-7-16(19-2)15(17)8-12)18-9-13-5-6-14(20-13)10-21-3/h4-8,11,18H,9-10H2,1-3H3. The number of rotatable bonds is 7. The SMILES string of the molecule is COc1ccc(C(C)NCc2ccc(CSC)o2)cc1Br. The van der Waals surface area contributed by atoms with E-state index in [0.717, 1.165) is 34.0 Å². The fourth-order valence-electron chi connectivity index (χ4n) is 2.06. The highest BCUT2D eigenvalue weighted by molar-refractivity contribution is 9.10. The van der Waals surface area contributed by atoms with E-state index in [1.165, 1.54) is 5.56 Å². The van der Waals surface area contributed by atoms with E-state index in [4.69, 9.17) is 9.15 Å². The average molecular weight is 370 g/mol. The Morgan fingerprint density at radius 2 is 2.05 bits per heavy atom. The van der Waals surface area contributed by atoms with Gasteiger partial charge < -0.3 is 14.5 Å². The third-order valence-electron chi connectivity index (χ3n) is 3.26. The number of ether oxygens (including phenoxy) is 1. The Bertz CT molecular complexity index is 585. The third-order valence-corrected chi connectivity index (χ3v) is 4.46. The van der Waals surface area contributed by atoms with E-state index in [0.29, 0.717) is 0 Å². The summed E-state index contributed by atoms with van der Waals surface area (Å²) in [5.41, 5.74) is 1.21. The largest absolute Gasteiger partial charge is 0.496 e. The van der Waals surface area contributed by atoms with Gasteiger partial charge in [0.05, 0.1) is 23.9 Å². The van der Waals surface area contributed by atoms with Crippen molar-refractivity contribution < 1.29 is 9.15 Å². The van der Waals surface area contributed by atoms with Crippen LogP contribution in [0.5, 0.6) is 5.75 Å². The lowest BCUT2D eigenvalue weighted by Crippen LogP contribution is -2.17. The van der Waals surface area contributed by atoms with E-state index in [1.54, 1.807) is 18.9 Å². The van der Waals surface area contributed by atoms with Crippen LogP contribution in [0.1, 0.15) is 30.0 Å². The van der Waals surface area contributed by atoms with Crippen molar-refractivity contribution in [3.8, 4) is 5.75 Å². The maximum atomic E-state index is 5.76. The number of methoxy groups -OCH3 is 1. The van der Waals surface area contributed by atoms with Gasteiger partial charge in [-0.2, -0.15) is 11.8 Å². The van der Waals surface area contributed by atoms with Crippen LogP contribution < -0.4 is 10.1 Å². The first-order chi connectivity index (χ1) is 10.1. The molecule has 0 aliphatic rings. The van der Waals surface area contributed by atoms with Gasteiger partial charge >= 0.3 is 0 Å². The summed E-state index contributed by atoms with van der Waals surface area (Å²) in [5, 5.41) is 3.47. The molecule has 1 atom stereocenters. The zero-order valence-corrected chi connectivity index (χ0v) is 14.9. The molecule has 114 valence electrons. The predicted octanol–water partition coefficient (Wildman–Crippen LogP) is 4.76. The van der Waals surface area contributed by atoms with Gasteiger partial charge in [0.25, 0.3) is 0 Å². The molecule has 1 aromatic heterocycles. The Labute approximate surface area is 138 Å². The lowest BCUT2D eigenvalue weighted by molar-refractivity contribution is 0.411. The molecule has 0 saturated carbocycles. The van der Waals surface area contributed by atoms with Crippen molar-refractivity contribution in [2.45, 2.75) is 25.3 Å². The van der Waals surface area contributed by atoms with E-state index in [2.05, 4.69) is 46.6 Å². The minimum Gasteiger partial charge on any atom is -0.496 e. The molecule has 0 radical (unpaired) electrons. The molecular weight excluding hydrogens is 350 g/mol. The van der Waals surface area contributed by atoms with Gasteiger partial charge in [-0.25, -0.2) is 0 Å². The molecule has 21 heavy (non-hydrogen) atoms. The molecule has 0 bridgehead atoms. The Kier molecular flexibility index (Phi) is 6.21. The van der Waals surface area contributed by atoms with Gasteiger partial charge in [-0.05, 0) is 58.9 Å². The van der Waals surface area contributed by atoms with Crippen molar-refractivity contribution in [1.82, 2.24) is 5.32 Å². The lowest BCUT2D eigenvalue weighted by Gasteiger charge is -2.14. The van der Waals surface area contributed by atoms with Gasteiger partial charge in [0.2, 0.25) is 0 Å². The molecule has 0 aliphatic carbocycles. The normalized spacial score (nSPS) is 12.4. The van der Waals surface area contributed by atoms with Gasteiger partial charge in [-0.3, -0.25) is 0 Å². The second-order valence-corrected chi connectivity index (χ2v) is 6.52. The average Bonchev–Trinajstić information content (AvgIpc) is 2.93. The minimum atomic E-state index is 0.237. The highest BCUT2D eigenvalue weighted by Crippen LogP contribution is 2.28. The van der Waals surface area contributed by atoms with Crippen molar-refractivity contribution in [2.75, 3.05) is 13.4 Å². The number of hydrogen-bond donors (Lipinski definition) is 1. The van der Waals surface area contributed by atoms with Gasteiger partial charge in [0.1, 0.15) is 17.3 Å². The maximum absolute atomic E-state index is 5.76.